The number of rotatable bonds is 4. The second kappa shape index (κ2) is 7.17. The van der Waals surface area contributed by atoms with Crippen molar-refractivity contribution in [3.63, 3.8) is 0 Å². The Morgan fingerprint density at radius 2 is 1.84 bits per heavy atom. The van der Waals surface area contributed by atoms with Crippen LogP contribution in [0.2, 0.25) is 0 Å². The fourth-order valence-corrected chi connectivity index (χ4v) is 4.53. The van der Waals surface area contributed by atoms with Gasteiger partial charge in [-0.05, 0) is 54.5 Å². The Balaban J connectivity index is 1.34. The van der Waals surface area contributed by atoms with Gasteiger partial charge in [0.05, 0.1) is 0 Å². The molecule has 132 valence electrons. The molecule has 0 bridgehead atoms. The molecule has 2 aromatic carbocycles. The average Bonchev–Trinajstić information content (AvgIpc) is 3.05. The summed E-state index contributed by atoms with van der Waals surface area (Å²) in [5.41, 5.74) is 4.19. The Labute approximate surface area is 150 Å². The van der Waals surface area contributed by atoms with Crippen LogP contribution in [0.5, 0.6) is 0 Å². The first-order chi connectivity index (χ1) is 12.2. The highest BCUT2D eigenvalue weighted by molar-refractivity contribution is 5.58. The molecule has 1 fully saturated rings. The van der Waals surface area contributed by atoms with Crippen molar-refractivity contribution in [3.8, 4) is 0 Å². The number of anilines is 1. The van der Waals surface area contributed by atoms with Crippen molar-refractivity contribution in [2.75, 3.05) is 31.1 Å². The zero-order chi connectivity index (χ0) is 17.2. The van der Waals surface area contributed by atoms with Crippen LogP contribution in [0.1, 0.15) is 24.5 Å². The molecular formula is C22H27FN2. The number of benzene rings is 2. The minimum Gasteiger partial charge on any atom is -0.368 e. The standard InChI is InChI=1S/C22H27FN2/c1-17-16-24(13-10-18-6-8-20(23)9-7-18)14-12-21(17)25-15-11-19-4-2-3-5-22(19)25/h2-9,17,21H,10-16H2,1H3/t17-,21+/m0/s1. The number of nitrogens with zero attached hydrogens (tertiary/aromatic N) is 2. The highest BCUT2D eigenvalue weighted by Gasteiger charge is 2.33. The molecule has 2 heterocycles. The zero-order valence-electron chi connectivity index (χ0n) is 15.0. The molecule has 2 aliphatic heterocycles. The second-order valence-corrected chi connectivity index (χ2v) is 7.58. The van der Waals surface area contributed by atoms with E-state index in [9.17, 15) is 4.39 Å². The van der Waals surface area contributed by atoms with Crippen LogP contribution in [-0.4, -0.2) is 37.1 Å². The van der Waals surface area contributed by atoms with Crippen LogP contribution in [-0.2, 0) is 12.8 Å². The van der Waals surface area contributed by atoms with Crippen molar-refractivity contribution in [1.82, 2.24) is 4.90 Å². The molecule has 0 N–H and O–H groups in total. The van der Waals surface area contributed by atoms with E-state index in [0.29, 0.717) is 12.0 Å². The van der Waals surface area contributed by atoms with Crippen LogP contribution >= 0.6 is 0 Å². The van der Waals surface area contributed by atoms with E-state index in [4.69, 9.17) is 0 Å². The molecule has 4 rings (SSSR count). The summed E-state index contributed by atoms with van der Waals surface area (Å²) in [6, 6.07) is 16.5. The summed E-state index contributed by atoms with van der Waals surface area (Å²) in [7, 11) is 0. The maximum Gasteiger partial charge on any atom is 0.123 e. The Kier molecular flexibility index (Phi) is 4.76. The van der Waals surface area contributed by atoms with Crippen molar-refractivity contribution in [2.24, 2.45) is 5.92 Å². The van der Waals surface area contributed by atoms with E-state index >= 15 is 0 Å². The summed E-state index contributed by atoms with van der Waals surface area (Å²) in [4.78, 5) is 5.23. The minimum atomic E-state index is -0.149. The Morgan fingerprint density at radius 1 is 1.04 bits per heavy atom. The molecule has 0 saturated carbocycles. The van der Waals surface area contributed by atoms with Gasteiger partial charge in [0.1, 0.15) is 5.82 Å². The molecule has 2 nitrogen and oxygen atoms in total. The van der Waals surface area contributed by atoms with E-state index in [-0.39, 0.29) is 5.82 Å². The second-order valence-electron chi connectivity index (χ2n) is 7.58. The van der Waals surface area contributed by atoms with Gasteiger partial charge >= 0.3 is 0 Å². The predicted octanol–water partition coefficient (Wildman–Crippen LogP) is 4.14. The van der Waals surface area contributed by atoms with E-state index in [1.54, 1.807) is 12.1 Å². The first-order valence-corrected chi connectivity index (χ1v) is 9.52. The number of piperidine rings is 1. The summed E-state index contributed by atoms with van der Waals surface area (Å²) >= 11 is 0. The van der Waals surface area contributed by atoms with Crippen LogP contribution in [0.4, 0.5) is 10.1 Å². The van der Waals surface area contributed by atoms with Gasteiger partial charge in [-0.1, -0.05) is 37.3 Å². The average molecular weight is 338 g/mol. The number of likely N-dealkylation sites (tertiary alicyclic amines) is 1. The number of para-hydroxylation sites is 1. The van der Waals surface area contributed by atoms with Crippen LogP contribution in [0.25, 0.3) is 0 Å². The lowest BCUT2D eigenvalue weighted by Crippen LogP contribution is -2.50. The largest absolute Gasteiger partial charge is 0.368 e. The lowest BCUT2D eigenvalue weighted by molar-refractivity contribution is 0.162. The fraction of sp³-hybridized carbons (Fsp3) is 0.455. The first kappa shape index (κ1) is 16.6. The Bertz CT molecular complexity index is 712. The van der Waals surface area contributed by atoms with Crippen LogP contribution in [0.15, 0.2) is 48.5 Å². The molecule has 3 heteroatoms. The molecule has 0 aromatic heterocycles. The lowest BCUT2D eigenvalue weighted by atomic mass is 9.92. The van der Waals surface area contributed by atoms with Crippen molar-refractivity contribution >= 4 is 5.69 Å². The van der Waals surface area contributed by atoms with Gasteiger partial charge in [-0.15, -0.1) is 0 Å². The summed E-state index contributed by atoms with van der Waals surface area (Å²) in [5.74, 6) is 0.525. The number of fused-ring (bicyclic) bond motifs is 1. The third kappa shape index (κ3) is 3.57. The van der Waals surface area contributed by atoms with Crippen molar-refractivity contribution < 1.29 is 4.39 Å². The smallest absolute Gasteiger partial charge is 0.123 e. The van der Waals surface area contributed by atoms with E-state index in [2.05, 4.69) is 41.0 Å². The van der Waals surface area contributed by atoms with Gasteiger partial charge in [0.15, 0.2) is 0 Å². The van der Waals surface area contributed by atoms with Crippen LogP contribution in [0, 0.1) is 11.7 Å². The number of hydrogen-bond donors (Lipinski definition) is 0. The summed E-state index contributed by atoms with van der Waals surface area (Å²) < 4.78 is 13.0. The van der Waals surface area contributed by atoms with E-state index in [1.807, 2.05) is 12.1 Å². The molecule has 0 radical (unpaired) electrons. The molecule has 2 aliphatic rings. The molecule has 0 amide bonds. The molecule has 2 aromatic rings. The highest BCUT2D eigenvalue weighted by Crippen LogP contribution is 2.34. The van der Waals surface area contributed by atoms with Gasteiger partial charge < -0.3 is 9.80 Å². The highest BCUT2D eigenvalue weighted by atomic mass is 19.1. The summed E-state index contributed by atoms with van der Waals surface area (Å²) in [6.07, 6.45) is 3.43. The number of halogens is 1. The van der Waals surface area contributed by atoms with Gasteiger partial charge in [0.25, 0.3) is 0 Å². The van der Waals surface area contributed by atoms with Crippen molar-refractivity contribution in [3.05, 3.63) is 65.5 Å². The van der Waals surface area contributed by atoms with Gasteiger partial charge in [-0.25, -0.2) is 4.39 Å². The SMILES string of the molecule is C[C@H]1CN(CCc2ccc(F)cc2)CC[C@H]1N1CCc2ccccc21. The van der Waals surface area contributed by atoms with E-state index in [0.717, 1.165) is 26.1 Å². The maximum atomic E-state index is 13.0. The summed E-state index contributed by atoms with van der Waals surface area (Å²) in [5, 5.41) is 0. The Morgan fingerprint density at radius 3 is 2.64 bits per heavy atom. The molecule has 1 saturated heterocycles. The molecule has 0 unspecified atom stereocenters. The number of hydrogen-bond acceptors (Lipinski definition) is 2. The molecule has 0 aliphatic carbocycles. The monoisotopic (exact) mass is 338 g/mol. The predicted molar refractivity (Wildman–Crippen MR) is 102 cm³/mol. The molecule has 0 spiro atoms. The van der Waals surface area contributed by atoms with E-state index < -0.39 is 0 Å². The third-order valence-electron chi connectivity index (χ3n) is 5.90. The first-order valence-electron chi connectivity index (χ1n) is 9.52. The Hall–Kier alpha value is -1.87. The topological polar surface area (TPSA) is 6.48 Å². The van der Waals surface area contributed by atoms with Crippen LogP contribution in [0.3, 0.4) is 0 Å². The fourth-order valence-electron chi connectivity index (χ4n) is 4.53. The molecule has 25 heavy (non-hydrogen) atoms. The lowest BCUT2D eigenvalue weighted by Gasteiger charge is -2.42. The summed E-state index contributed by atoms with van der Waals surface area (Å²) in [6.45, 7) is 6.96. The zero-order valence-corrected chi connectivity index (χ0v) is 15.0. The third-order valence-corrected chi connectivity index (χ3v) is 5.90. The quantitative estimate of drug-likeness (QED) is 0.827. The van der Waals surface area contributed by atoms with Crippen molar-refractivity contribution in [1.29, 1.82) is 0 Å². The van der Waals surface area contributed by atoms with Crippen LogP contribution < -0.4 is 4.90 Å². The van der Waals surface area contributed by atoms with Gasteiger partial charge in [0, 0.05) is 37.9 Å². The van der Waals surface area contributed by atoms with Gasteiger partial charge in [-0.2, -0.15) is 0 Å². The van der Waals surface area contributed by atoms with Gasteiger partial charge in [-0.3, -0.25) is 0 Å². The van der Waals surface area contributed by atoms with E-state index in [1.165, 1.54) is 36.2 Å². The van der Waals surface area contributed by atoms with Gasteiger partial charge in [0.2, 0.25) is 0 Å². The minimum absolute atomic E-state index is 0.149. The molecule has 2 atom stereocenters. The molecular weight excluding hydrogens is 311 g/mol. The normalized spacial score (nSPS) is 23.7. The van der Waals surface area contributed by atoms with Crippen molar-refractivity contribution in [2.45, 2.75) is 32.2 Å². The maximum absolute atomic E-state index is 13.0.